The van der Waals surface area contributed by atoms with E-state index in [4.69, 9.17) is 14.2 Å². The second-order valence-electron chi connectivity index (χ2n) is 12.7. The summed E-state index contributed by atoms with van der Waals surface area (Å²) in [5, 5.41) is 14.8. The molecule has 2 aromatic carbocycles. The maximum Gasteiger partial charge on any atom is 0.407 e. The van der Waals surface area contributed by atoms with Crippen LogP contribution in [0.5, 0.6) is 5.75 Å². The Balaban J connectivity index is 1.97. The predicted molar refractivity (Wildman–Crippen MR) is 168 cm³/mol. The van der Waals surface area contributed by atoms with Crippen molar-refractivity contribution in [2.45, 2.75) is 71.6 Å². The third-order valence-electron chi connectivity index (χ3n) is 8.71. The number of carboxylic acid groups (broad SMARTS) is 1. The normalized spacial score (nSPS) is 19.5. The quantitative estimate of drug-likeness (QED) is 0.267. The molecule has 1 fully saturated rings. The van der Waals surface area contributed by atoms with Crippen LogP contribution in [0.4, 0.5) is 4.79 Å². The van der Waals surface area contributed by atoms with E-state index in [0.717, 1.165) is 21.9 Å². The lowest BCUT2D eigenvalue weighted by Crippen LogP contribution is -2.57. The van der Waals surface area contributed by atoms with Crippen molar-refractivity contribution in [1.29, 1.82) is 0 Å². The molecule has 0 spiro atoms. The predicted octanol–water partition coefficient (Wildman–Crippen LogP) is 6.15. The van der Waals surface area contributed by atoms with Gasteiger partial charge in [-0.15, -0.1) is 6.58 Å². The van der Waals surface area contributed by atoms with Crippen LogP contribution in [0, 0.1) is 10.8 Å². The molecule has 1 aliphatic heterocycles. The van der Waals surface area contributed by atoms with Crippen molar-refractivity contribution in [3.8, 4) is 5.75 Å². The molecule has 9 nitrogen and oxygen atoms in total. The lowest BCUT2D eigenvalue weighted by molar-refractivity contribution is -0.150. The molecule has 2 aromatic rings. The van der Waals surface area contributed by atoms with E-state index in [1.165, 1.54) is 12.0 Å². The number of hydrogen-bond donors (Lipinski definition) is 2. The number of amides is 2. The molecular formula is C34H46N2O7. The Kier molecular flexibility index (Phi) is 10.3. The van der Waals surface area contributed by atoms with Crippen molar-refractivity contribution >= 4 is 34.8 Å². The molecule has 43 heavy (non-hydrogen) atoms. The topological polar surface area (TPSA) is 114 Å². The van der Waals surface area contributed by atoms with Gasteiger partial charge >= 0.3 is 12.1 Å². The van der Waals surface area contributed by atoms with Gasteiger partial charge in [0.25, 0.3) is 0 Å². The highest BCUT2D eigenvalue weighted by atomic mass is 16.5. The molecule has 234 valence electrons. The largest absolute Gasteiger partial charge is 0.496 e. The molecule has 1 saturated heterocycles. The third-order valence-corrected chi connectivity index (χ3v) is 8.71. The fourth-order valence-corrected chi connectivity index (χ4v) is 5.54. The summed E-state index contributed by atoms with van der Waals surface area (Å²) < 4.78 is 17.0. The standard InChI is InChI=1S/C34H46N2O7/c1-10-15-32(4,5)21-43-31(40)35-28(33(6,7)12-3)29(37)36-20-34(42-9,19-26(36)30(38)39)25-14-13-23-18-27(41-8)22(11-2)16-24(23)17-25/h10-11,13-14,16-18,26,28H,1-2,12,15,19-21H2,3-9H3,(H,35,40)(H,38,39)/t26?,28-,34?/m1/s1. The lowest BCUT2D eigenvalue weighted by atomic mass is 9.81. The molecule has 2 N–H and O–H groups in total. The zero-order valence-corrected chi connectivity index (χ0v) is 26.5. The highest BCUT2D eigenvalue weighted by Gasteiger charge is 2.53. The molecule has 0 aliphatic carbocycles. The van der Waals surface area contributed by atoms with Crippen molar-refractivity contribution in [2.75, 3.05) is 27.4 Å². The van der Waals surface area contributed by atoms with Gasteiger partial charge in [-0.05, 0) is 52.8 Å². The number of carbonyl (C=O) groups excluding carboxylic acids is 2. The van der Waals surface area contributed by atoms with Crippen LogP contribution in [0.15, 0.2) is 49.6 Å². The Morgan fingerprint density at radius 2 is 1.84 bits per heavy atom. The first-order valence-corrected chi connectivity index (χ1v) is 14.5. The highest BCUT2D eigenvalue weighted by Crippen LogP contribution is 2.42. The molecule has 9 heteroatoms. The van der Waals surface area contributed by atoms with Crippen LogP contribution in [0.3, 0.4) is 0 Å². The van der Waals surface area contributed by atoms with Crippen molar-refractivity contribution in [3.63, 3.8) is 0 Å². The number of fused-ring (bicyclic) bond motifs is 1. The summed E-state index contributed by atoms with van der Waals surface area (Å²) >= 11 is 0. The van der Waals surface area contributed by atoms with Crippen LogP contribution in [-0.2, 0) is 24.7 Å². The van der Waals surface area contributed by atoms with Crippen molar-refractivity contribution in [3.05, 3.63) is 60.7 Å². The Hall–Kier alpha value is -3.85. The average molecular weight is 595 g/mol. The second-order valence-corrected chi connectivity index (χ2v) is 12.7. The van der Waals surface area contributed by atoms with Gasteiger partial charge in [-0.25, -0.2) is 9.59 Å². The number of nitrogens with zero attached hydrogens (tertiary/aromatic N) is 1. The van der Waals surface area contributed by atoms with E-state index in [1.807, 2.05) is 65.0 Å². The summed E-state index contributed by atoms with van der Waals surface area (Å²) in [5.74, 6) is -0.950. The molecule has 3 atom stereocenters. The molecule has 2 amide bonds. The number of benzene rings is 2. The van der Waals surface area contributed by atoms with Gasteiger partial charge in [-0.2, -0.15) is 0 Å². The van der Waals surface area contributed by atoms with Crippen molar-refractivity contribution in [1.82, 2.24) is 10.2 Å². The van der Waals surface area contributed by atoms with Gasteiger partial charge in [0, 0.05) is 24.5 Å². The molecule has 1 heterocycles. The van der Waals surface area contributed by atoms with E-state index >= 15 is 0 Å². The minimum atomic E-state index is -1.16. The van der Waals surface area contributed by atoms with E-state index in [1.54, 1.807) is 19.3 Å². The second kappa shape index (κ2) is 13.2. The molecule has 0 bridgehead atoms. The van der Waals surface area contributed by atoms with Crippen LogP contribution in [0.1, 0.15) is 65.0 Å². The Labute approximate surface area is 254 Å². The summed E-state index contributed by atoms with van der Waals surface area (Å²) in [6.45, 7) is 17.3. The number of hydrogen-bond acceptors (Lipinski definition) is 6. The number of allylic oxidation sites excluding steroid dienone is 1. The zero-order valence-electron chi connectivity index (χ0n) is 26.5. The van der Waals surface area contributed by atoms with Gasteiger partial charge in [0.05, 0.1) is 20.3 Å². The number of nitrogens with one attached hydrogen (secondary N) is 1. The molecule has 0 aromatic heterocycles. The summed E-state index contributed by atoms with van der Waals surface area (Å²) in [7, 11) is 3.12. The van der Waals surface area contributed by atoms with Gasteiger partial charge in [0.2, 0.25) is 5.91 Å². The van der Waals surface area contributed by atoms with Gasteiger partial charge in [0.15, 0.2) is 0 Å². The number of likely N-dealkylation sites (tertiary alicyclic amines) is 1. The first-order chi connectivity index (χ1) is 20.2. The Morgan fingerprint density at radius 3 is 2.40 bits per heavy atom. The van der Waals surface area contributed by atoms with Crippen LogP contribution < -0.4 is 10.1 Å². The van der Waals surface area contributed by atoms with Gasteiger partial charge in [0.1, 0.15) is 23.4 Å². The number of rotatable bonds is 13. The number of methoxy groups -OCH3 is 2. The van der Waals surface area contributed by atoms with Crippen molar-refractivity contribution in [2.24, 2.45) is 10.8 Å². The number of carboxylic acids is 1. The Bertz CT molecular complexity index is 1380. The zero-order chi connectivity index (χ0) is 32.2. The smallest absolute Gasteiger partial charge is 0.407 e. The van der Waals surface area contributed by atoms with Gasteiger partial charge in [-0.1, -0.05) is 65.5 Å². The monoisotopic (exact) mass is 594 g/mol. The first kappa shape index (κ1) is 33.6. The molecule has 0 saturated carbocycles. The summed E-state index contributed by atoms with van der Waals surface area (Å²) in [6.07, 6.45) is 3.98. The summed E-state index contributed by atoms with van der Waals surface area (Å²) in [6, 6.07) is 7.44. The van der Waals surface area contributed by atoms with E-state index in [9.17, 15) is 19.5 Å². The molecular weight excluding hydrogens is 548 g/mol. The summed E-state index contributed by atoms with van der Waals surface area (Å²) in [5.41, 5.74) is -0.542. The molecule has 1 aliphatic rings. The minimum absolute atomic E-state index is 0.00529. The summed E-state index contributed by atoms with van der Waals surface area (Å²) in [4.78, 5) is 41.0. The van der Waals surface area contributed by atoms with Crippen LogP contribution in [-0.4, -0.2) is 67.4 Å². The number of ether oxygens (including phenoxy) is 3. The lowest BCUT2D eigenvalue weighted by Gasteiger charge is -2.37. The Morgan fingerprint density at radius 1 is 1.14 bits per heavy atom. The minimum Gasteiger partial charge on any atom is -0.496 e. The number of alkyl carbamates (subject to hydrolysis) is 1. The number of aliphatic carboxylic acids is 1. The fraction of sp³-hybridized carbons (Fsp3) is 0.500. The SMILES string of the molecule is C=CCC(C)(C)COC(=O)N[C@H](C(=O)N1CC(OC)(c2ccc3cc(OC)c(C=C)cc3c2)CC1C(=O)O)C(C)(C)CC. The van der Waals surface area contributed by atoms with Gasteiger partial charge in [-0.3, -0.25) is 4.79 Å². The third kappa shape index (κ3) is 7.21. The van der Waals surface area contributed by atoms with Crippen LogP contribution in [0.25, 0.3) is 16.8 Å². The molecule has 2 unspecified atom stereocenters. The highest BCUT2D eigenvalue weighted by molar-refractivity contribution is 5.91. The van der Waals surface area contributed by atoms with Crippen molar-refractivity contribution < 1.29 is 33.7 Å². The fourth-order valence-electron chi connectivity index (χ4n) is 5.54. The first-order valence-electron chi connectivity index (χ1n) is 14.5. The number of carbonyl (C=O) groups is 3. The maximum absolute atomic E-state index is 14.2. The molecule has 0 radical (unpaired) electrons. The van der Waals surface area contributed by atoms with Crippen LogP contribution in [0.2, 0.25) is 0 Å². The average Bonchev–Trinajstić information content (AvgIpc) is 3.39. The van der Waals surface area contributed by atoms with E-state index in [2.05, 4.69) is 18.5 Å². The van der Waals surface area contributed by atoms with Crippen LogP contribution >= 0.6 is 0 Å². The van der Waals surface area contributed by atoms with Gasteiger partial charge < -0.3 is 29.5 Å². The maximum atomic E-state index is 14.2. The van der Waals surface area contributed by atoms with E-state index in [-0.39, 0.29) is 25.0 Å². The molecule has 3 rings (SSSR count). The van der Waals surface area contributed by atoms with E-state index in [0.29, 0.717) is 18.6 Å². The van der Waals surface area contributed by atoms with E-state index < -0.39 is 41.1 Å².